The van der Waals surface area contributed by atoms with Gasteiger partial charge in [-0.1, -0.05) is 70.5 Å². The van der Waals surface area contributed by atoms with Crippen molar-refractivity contribution in [3.63, 3.8) is 0 Å². The minimum atomic E-state index is -0.0486. The Balaban J connectivity index is 1.27. The smallest absolute Gasteiger partial charge is 0.251 e. The van der Waals surface area contributed by atoms with Gasteiger partial charge < -0.3 is 21.1 Å². The number of halogens is 1. The Morgan fingerprint density at radius 3 is 2.20 bits per heavy atom. The summed E-state index contributed by atoms with van der Waals surface area (Å²) in [6, 6.07) is 30.9. The number of hydrogen-bond acceptors (Lipinski definition) is 4. The second kappa shape index (κ2) is 15.9. The third-order valence-corrected chi connectivity index (χ3v) is 9.31. The molecule has 1 fully saturated rings. The molecule has 45 heavy (non-hydrogen) atoms. The Kier molecular flexibility index (Phi) is 11.4. The van der Waals surface area contributed by atoms with Gasteiger partial charge in [0.25, 0.3) is 5.91 Å². The summed E-state index contributed by atoms with van der Waals surface area (Å²) < 4.78 is 0.946. The molecular weight excluding hydrogens is 626 g/mol. The third kappa shape index (κ3) is 9.52. The van der Waals surface area contributed by atoms with Crippen LogP contribution >= 0.6 is 15.9 Å². The van der Waals surface area contributed by atoms with Crippen LogP contribution in [-0.4, -0.2) is 41.5 Å². The third-order valence-electron chi connectivity index (χ3n) is 8.81. The van der Waals surface area contributed by atoms with Crippen LogP contribution in [0.15, 0.2) is 102 Å². The van der Waals surface area contributed by atoms with Crippen LogP contribution in [0.4, 0.5) is 0 Å². The summed E-state index contributed by atoms with van der Waals surface area (Å²) in [4.78, 5) is 28.6. The zero-order valence-electron chi connectivity index (χ0n) is 25.6. The predicted octanol–water partition coefficient (Wildman–Crippen LogP) is 7.13. The second-order valence-electron chi connectivity index (χ2n) is 12.2. The van der Waals surface area contributed by atoms with Crippen molar-refractivity contribution in [3.8, 4) is 16.9 Å². The van der Waals surface area contributed by atoms with Crippen molar-refractivity contribution < 1.29 is 14.7 Å². The monoisotopic (exact) mass is 667 g/mol. The number of nitrogens with zero attached hydrogens (tertiary/aromatic N) is 1. The molecule has 4 aromatic carbocycles. The molecule has 2 amide bonds. The molecule has 0 radical (unpaired) electrons. The first-order valence-electron chi connectivity index (χ1n) is 15.8. The van der Waals surface area contributed by atoms with Gasteiger partial charge in [0.1, 0.15) is 5.75 Å². The van der Waals surface area contributed by atoms with Crippen molar-refractivity contribution in [2.24, 2.45) is 17.6 Å². The lowest BCUT2D eigenvalue weighted by molar-refractivity contribution is -0.131. The number of nitrogens with one attached hydrogen (secondary N) is 1. The summed E-state index contributed by atoms with van der Waals surface area (Å²) in [6.45, 7) is 2.47. The molecule has 0 aromatic heterocycles. The van der Waals surface area contributed by atoms with Gasteiger partial charge in [0, 0.05) is 29.7 Å². The topological polar surface area (TPSA) is 95.7 Å². The molecule has 1 aliphatic carbocycles. The van der Waals surface area contributed by atoms with E-state index >= 15 is 0 Å². The molecule has 4 aromatic rings. The maximum Gasteiger partial charge on any atom is 0.251 e. The summed E-state index contributed by atoms with van der Waals surface area (Å²) in [6.07, 6.45) is 5.51. The molecule has 1 aliphatic rings. The number of phenolic OH excluding ortho intramolecular Hbond substituents is 1. The van der Waals surface area contributed by atoms with Crippen LogP contribution < -0.4 is 11.1 Å². The molecule has 7 heteroatoms. The molecule has 0 heterocycles. The highest BCUT2D eigenvalue weighted by molar-refractivity contribution is 9.10. The Bertz CT molecular complexity index is 1580. The van der Waals surface area contributed by atoms with Gasteiger partial charge in [-0.3, -0.25) is 9.59 Å². The van der Waals surface area contributed by atoms with E-state index in [-0.39, 0.29) is 17.6 Å². The first-order valence-corrected chi connectivity index (χ1v) is 16.6. The number of carbonyl (C=O) groups is 2. The minimum Gasteiger partial charge on any atom is -0.508 e. The molecule has 0 aliphatic heterocycles. The van der Waals surface area contributed by atoms with Crippen molar-refractivity contribution in [1.29, 1.82) is 0 Å². The molecular formula is C38H42BrN3O3. The van der Waals surface area contributed by atoms with Crippen molar-refractivity contribution in [2.75, 3.05) is 19.6 Å². The van der Waals surface area contributed by atoms with E-state index in [9.17, 15) is 14.7 Å². The van der Waals surface area contributed by atoms with Crippen LogP contribution in [0.3, 0.4) is 0 Å². The van der Waals surface area contributed by atoms with E-state index < -0.39 is 0 Å². The molecule has 234 valence electrons. The zero-order chi connectivity index (χ0) is 31.6. The number of aromatic hydroxyl groups is 1. The molecule has 6 nitrogen and oxygen atoms in total. The number of benzene rings is 4. The molecule has 1 saturated carbocycles. The fourth-order valence-corrected chi connectivity index (χ4v) is 6.52. The average Bonchev–Trinajstić information content (AvgIpc) is 3.06. The van der Waals surface area contributed by atoms with Gasteiger partial charge >= 0.3 is 0 Å². The number of nitrogens with two attached hydrogens (primary N) is 1. The fraction of sp³-hybridized carbons (Fsp3) is 0.316. The van der Waals surface area contributed by atoms with Crippen LogP contribution in [0.2, 0.25) is 0 Å². The van der Waals surface area contributed by atoms with E-state index in [4.69, 9.17) is 5.73 Å². The number of carbonyl (C=O) groups excluding carboxylic acids is 2. The highest BCUT2D eigenvalue weighted by atomic mass is 79.9. The van der Waals surface area contributed by atoms with E-state index in [0.717, 1.165) is 64.5 Å². The van der Waals surface area contributed by atoms with Gasteiger partial charge in [0.2, 0.25) is 5.91 Å². The predicted molar refractivity (Wildman–Crippen MR) is 184 cm³/mol. The van der Waals surface area contributed by atoms with Crippen LogP contribution in [0.1, 0.15) is 52.7 Å². The van der Waals surface area contributed by atoms with E-state index in [2.05, 4.69) is 27.3 Å². The summed E-state index contributed by atoms with van der Waals surface area (Å²) in [7, 11) is 0. The maximum absolute atomic E-state index is 13.6. The van der Waals surface area contributed by atoms with Crippen molar-refractivity contribution in [2.45, 2.75) is 45.1 Å². The molecule has 0 spiro atoms. The number of hydrogen-bond donors (Lipinski definition) is 3. The van der Waals surface area contributed by atoms with Crippen molar-refractivity contribution in [3.05, 3.63) is 124 Å². The van der Waals surface area contributed by atoms with Crippen molar-refractivity contribution in [1.82, 2.24) is 10.2 Å². The zero-order valence-corrected chi connectivity index (χ0v) is 27.2. The van der Waals surface area contributed by atoms with Gasteiger partial charge in [-0.05, 0) is 121 Å². The summed E-state index contributed by atoms with van der Waals surface area (Å²) in [5.74, 6) is 1.37. The molecule has 0 atom stereocenters. The molecule has 0 bridgehead atoms. The van der Waals surface area contributed by atoms with Gasteiger partial charge in [-0.15, -0.1) is 0 Å². The molecule has 4 N–H and O–H groups in total. The fourth-order valence-electron chi connectivity index (χ4n) is 6.07. The Morgan fingerprint density at radius 1 is 0.800 bits per heavy atom. The van der Waals surface area contributed by atoms with Crippen molar-refractivity contribution >= 4 is 27.7 Å². The van der Waals surface area contributed by atoms with E-state index in [1.54, 1.807) is 12.1 Å². The van der Waals surface area contributed by atoms with Crippen LogP contribution in [0, 0.1) is 11.8 Å². The molecule has 0 saturated heterocycles. The maximum atomic E-state index is 13.6. The largest absolute Gasteiger partial charge is 0.508 e. The first-order chi connectivity index (χ1) is 21.9. The van der Waals surface area contributed by atoms with Gasteiger partial charge in [0.15, 0.2) is 0 Å². The van der Waals surface area contributed by atoms with E-state index in [1.165, 1.54) is 0 Å². The summed E-state index contributed by atoms with van der Waals surface area (Å²) >= 11 is 3.51. The van der Waals surface area contributed by atoms with Crippen LogP contribution in [0.25, 0.3) is 11.1 Å². The quantitative estimate of drug-likeness (QED) is 0.150. The van der Waals surface area contributed by atoms with E-state index in [1.807, 2.05) is 83.8 Å². The van der Waals surface area contributed by atoms with Gasteiger partial charge in [0.05, 0.1) is 6.42 Å². The average molecular weight is 669 g/mol. The van der Waals surface area contributed by atoms with Gasteiger partial charge in [-0.25, -0.2) is 0 Å². The number of rotatable bonds is 12. The van der Waals surface area contributed by atoms with Crippen LogP contribution in [0.5, 0.6) is 5.75 Å². The van der Waals surface area contributed by atoms with Gasteiger partial charge in [-0.2, -0.15) is 0 Å². The highest BCUT2D eigenvalue weighted by Gasteiger charge is 2.21. The highest BCUT2D eigenvalue weighted by Crippen LogP contribution is 2.28. The molecule has 5 rings (SSSR count). The number of phenols is 1. The van der Waals surface area contributed by atoms with E-state index in [0.29, 0.717) is 49.9 Å². The summed E-state index contributed by atoms with van der Waals surface area (Å²) in [5.41, 5.74) is 11.5. The Morgan fingerprint density at radius 2 is 1.47 bits per heavy atom. The second-order valence-corrected chi connectivity index (χ2v) is 13.1. The lowest BCUT2D eigenvalue weighted by atomic mass is 9.82. The first kappa shape index (κ1) is 32.5. The minimum absolute atomic E-state index is 0.0486. The molecule has 0 unspecified atom stereocenters. The van der Waals surface area contributed by atoms with Crippen LogP contribution in [-0.2, 0) is 24.2 Å². The number of amides is 2. The Hall–Kier alpha value is -3.94. The standard InChI is InChI=1S/C38H42BrN3O3/c39-35-9-2-4-30(21-35)22-37(44)42(19-18-27-14-16-36(43)17-15-27)26-31-5-1-6-32(20-31)33-7-3-8-34(23-33)38(45)41-25-29-12-10-28(24-40)11-13-29/h1-9,14-17,20-21,23,28-29,43H,10-13,18-19,22,24-26,40H2,(H,41,45). The normalized spacial score (nSPS) is 16.2. The lowest BCUT2D eigenvalue weighted by Crippen LogP contribution is -2.33. The summed E-state index contributed by atoms with van der Waals surface area (Å²) in [5, 5.41) is 12.8. The Labute approximate surface area is 274 Å². The lowest BCUT2D eigenvalue weighted by Gasteiger charge is -2.27. The SMILES string of the molecule is NCC1CCC(CNC(=O)c2cccc(-c3cccc(CN(CCc4ccc(O)cc4)C(=O)Cc4cccc(Br)c4)c3)c2)CC1.